The van der Waals surface area contributed by atoms with Crippen LogP contribution in [0.25, 0.3) is 0 Å². The summed E-state index contributed by atoms with van der Waals surface area (Å²) in [6.45, 7) is 2.36. The predicted molar refractivity (Wildman–Crippen MR) is 72.0 cm³/mol. The van der Waals surface area contributed by atoms with Crippen LogP contribution >= 0.6 is 0 Å². The van der Waals surface area contributed by atoms with Crippen LogP contribution in [0, 0.1) is 0 Å². The first kappa shape index (κ1) is 14.3. The van der Waals surface area contributed by atoms with Gasteiger partial charge in [0.2, 0.25) is 5.91 Å². The van der Waals surface area contributed by atoms with E-state index >= 15 is 0 Å². The summed E-state index contributed by atoms with van der Waals surface area (Å²) < 4.78 is 5.43. The van der Waals surface area contributed by atoms with Gasteiger partial charge in [0.05, 0.1) is 12.3 Å². The van der Waals surface area contributed by atoms with E-state index in [0.29, 0.717) is 6.54 Å². The first-order valence-corrected chi connectivity index (χ1v) is 6.63. The number of hydrogen-bond donors (Lipinski definition) is 2. The van der Waals surface area contributed by atoms with Gasteiger partial charge in [-0.25, -0.2) is 4.79 Å². The van der Waals surface area contributed by atoms with E-state index in [4.69, 9.17) is 9.52 Å². The molecule has 2 N–H and O–H groups in total. The van der Waals surface area contributed by atoms with Crippen molar-refractivity contribution in [2.45, 2.75) is 18.9 Å². The fourth-order valence-corrected chi connectivity index (χ4v) is 2.35. The third-order valence-electron chi connectivity index (χ3n) is 3.30. The van der Waals surface area contributed by atoms with Crippen molar-refractivity contribution >= 4 is 11.9 Å². The molecule has 1 atom stereocenters. The zero-order valence-corrected chi connectivity index (χ0v) is 11.1. The zero-order valence-electron chi connectivity index (χ0n) is 11.1. The Morgan fingerprint density at radius 1 is 1.40 bits per heavy atom. The third-order valence-corrected chi connectivity index (χ3v) is 3.30. The molecule has 1 fully saturated rings. The van der Waals surface area contributed by atoms with Crippen LogP contribution in [0.1, 0.15) is 24.6 Å². The van der Waals surface area contributed by atoms with Gasteiger partial charge in [-0.1, -0.05) is 0 Å². The van der Waals surface area contributed by atoms with Gasteiger partial charge in [0.25, 0.3) is 0 Å². The molecule has 108 valence electrons. The zero-order chi connectivity index (χ0) is 14.4. The van der Waals surface area contributed by atoms with Crippen LogP contribution in [0.15, 0.2) is 35.0 Å². The molecule has 1 aromatic heterocycles. The lowest BCUT2D eigenvalue weighted by Gasteiger charge is -2.25. The third kappa shape index (κ3) is 3.96. The number of rotatable bonds is 6. The summed E-state index contributed by atoms with van der Waals surface area (Å²) in [5.74, 6) is -0.736. The molecule has 1 saturated heterocycles. The summed E-state index contributed by atoms with van der Waals surface area (Å²) in [6.07, 6.45) is 5.75. The van der Waals surface area contributed by atoms with Crippen LogP contribution in [-0.2, 0) is 9.59 Å². The number of hydrogen-bond acceptors (Lipinski definition) is 4. The Morgan fingerprint density at radius 3 is 2.75 bits per heavy atom. The van der Waals surface area contributed by atoms with Gasteiger partial charge in [-0.05, 0) is 38.1 Å². The smallest absolute Gasteiger partial charge is 0.328 e. The summed E-state index contributed by atoms with van der Waals surface area (Å²) in [6, 6.07) is 3.71. The Balaban J connectivity index is 1.94. The van der Waals surface area contributed by atoms with Crippen molar-refractivity contribution in [3.05, 3.63) is 36.3 Å². The highest BCUT2D eigenvalue weighted by atomic mass is 16.4. The molecule has 0 aliphatic carbocycles. The van der Waals surface area contributed by atoms with Gasteiger partial charge < -0.3 is 14.8 Å². The van der Waals surface area contributed by atoms with Gasteiger partial charge in [-0.15, -0.1) is 0 Å². The summed E-state index contributed by atoms with van der Waals surface area (Å²) in [7, 11) is 0. The minimum Gasteiger partial charge on any atom is -0.478 e. The van der Waals surface area contributed by atoms with E-state index in [1.807, 2.05) is 12.1 Å². The normalized spacial score (nSPS) is 17.4. The lowest BCUT2D eigenvalue weighted by Crippen LogP contribution is -2.36. The van der Waals surface area contributed by atoms with E-state index in [-0.39, 0.29) is 6.04 Å². The Kier molecular flexibility index (Phi) is 4.95. The maximum absolute atomic E-state index is 11.5. The van der Waals surface area contributed by atoms with Crippen LogP contribution in [0.2, 0.25) is 0 Å². The molecular weight excluding hydrogens is 260 g/mol. The maximum atomic E-state index is 11.5. The molecule has 1 aliphatic heterocycles. The predicted octanol–water partition coefficient (Wildman–Crippen LogP) is 1.17. The average Bonchev–Trinajstić information content (AvgIpc) is 3.09. The van der Waals surface area contributed by atoms with Crippen molar-refractivity contribution in [2.24, 2.45) is 0 Å². The molecule has 2 heterocycles. The van der Waals surface area contributed by atoms with Gasteiger partial charge >= 0.3 is 5.97 Å². The van der Waals surface area contributed by atoms with Crippen molar-refractivity contribution in [1.82, 2.24) is 10.2 Å². The van der Waals surface area contributed by atoms with Gasteiger partial charge in [-0.2, -0.15) is 0 Å². The SMILES string of the molecule is O=C(O)/C=C/C(=O)NCC(c1ccco1)N1CCCC1. The van der Waals surface area contributed by atoms with Crippen LogP contribution in [-0.4, -0.2) is 41.5 Å². The fraction of sp³-hybridized carbons (Fsp3) is 0.429. The number of carboxylic acid groups (broad SMARTS) is 1. The van der Waals surface area contributed by atoms with Crippen molar-refractivity contribution in [2.75, 3.05) is 19.6 Å². The molecule has 0 radical (unpaired) electrons. The molecular formula is C14H18N2O4. The minimum absolute atomic E-state index is 0.00493. The molecule has 20 heavy (non-hydrogen) atoms. The second-order valence-corrected chi connectivity index (χ2v) is 4.69. The summed E-state index contributed by atoms with van der Waals surface area (Å²) in [5, 5.41) is 11.2. The number of carbonyl (C=O) groups is 2. The molecule has 6 nitrogen and oxygen atoms in total. The van der Waals surface area contributed by atoms with E-state index in [2.05, 4.69) is 10.2 Å². The molecule has 2 rings (SSSR count). The van der Waals surface area contributed by atoms with E-state index in [1.165, 1.54) is 0 Å². The number of likely N-dealkylation sites (tertiary alicyclic amines) is 1. The van der Waals surface area contributed by atoms with Gasteiger partial charge in [0.15, 0.2) is 0 Å². The molecule has 1 unspecified atom stereocenters. The van der Waals surface area contributed by atoms with Gasteiger partial charge in [0, 0.05) is 18.7 Å². The maximum Gasteiger partial charge on any atom is 0.328 e. The first-order valence-electron chi connectivity index (χ1n) is 6.63. The molecule has 1 aromatic rings. The van der Waals surface area contributed by atoms with Crippen molar-refractivity contribution < 1.29 is 19.1 Å². The molecule has 1 aliphatic rings. The minimum atomic E-state index is -1.14. The van der Waals surface area contributed by atoms with Gasteiger partial charge in [0.1, 0.15) is 5.76 Å². The van der Waals surface area contributed by atoms with Crippen molar-refractivity contribution in [1.29, 1.82) is 0 Å². The number of nitrogens with zero attached hydrogens (tertiary/aromatic N) is 1. The Bertz CT molecular complexity index is 475. The summed E-state index contributed by atoms with van der Waals surface area (Å²) in [5.41, 5.74) is 0. The van der Waals surface area contributed by atoms with Crippen LogP contribution in [0.4, 0.5) is 0 Å². The number of carboxylic acids is 1. The number of furan rings is 1. The van der Waals surface area contributed by atoms with E-state index < -0.39 is 11.9 Å². The fourth-order valence-electron chi connectivity index (χ4n) is 2.35. The van der Waals surface area contributed by atoms with Crippen molar-refractivity contribution in [3.8, 4) is 0 Å². The monoisotopic (exact) mass is 278 g/mol. The topological polar surface area (TPSA) is 82.8 Å². The molecule has 6 heteroatoms. The molecule has 0 saturated carbocycles. The standard InChI is InChI=1S/C14H18N2O4/c17-13(5-6-14(18)19)15-10-11(12-4-3-9-20-12)16-7-1-2-8-16/h3-6,9,11H,1-2,7-8,10H2,(H,15,17)(H,18,19)/b6-5+. The largest absolute Gasteiger partial charge is 0.478 e. The molecule has 0 bridgehead atoms. The average molecular weight is 278 g/mol. The molecule has 1 amide bonds. The number of carbonyl (C=O) groups excluding carboxylic acids is 1. The Labute approximate surface area is 117 Å². The highest BCUT2D eigenvalue weighted by molar-refractivity contribution is 5.93. The number of aliphatic carboxylic acids is 1. The van der Waals surface area contributed by atoms with Crippen LogP contribution in [0.3, 0.4) is 0 Å². The second-order valence-electron chi connectivity index (χ2n) is 4.69. The van der Waals surface area contributed by atoms with Crippen LogP contribution in [0.5, 0.6) is 0 Å². The Hall–Kier alpha value is -2.08. The van der Waals surface area contributed by atoms with Crippen LogP contribution < -0.4 is 5.32 Å². The quantitative estimate of drug-likeness (QED) is 0.763. The van der Waals surface area contributed by atoms with E-state index in [1.54, 1.807) is 6.26 Å². The molecule has 0 aromatic carbocycles. The second kappa shape index (κ2) is 6.91. The highest BCUT2D eigenvalue weighted by Crippen LogP contribution is 2.24. The van der Waals surface area contributed by atoms with E-state index in [0.717, 1.165) is 43.8 Å². The summed E-state index contributed by atoms with van der Waals surface area (Å²) >= 11 is 0. The number of amides is 1. The Morgan fingerprint density at radius 2 is 2.15 bits per heavy atom. The lowest BCUT2D eigenvalue weighted by molar-refractivity contribution is -0.131. The lowest BCUT2D eigenvalue weighted by atomic mass is 10.2. The number of nitrogens with one attached hydrogen (secondary N) is 1. The first-order chi connectivity index (χ1) is 9.66. The molecule has 0 spiro atoms. The van der Waals surface area contributed by atoms with E-state index in [9.17, 15) is 9.59 Å². The van der Waals surface area contributed by atoms with Crippen molar-refractivity contribution in [3.63, 3.8) is 0 Å². The van der Waals surface area contributed by atoms with Gasteiger partial charge in [-0.3, -0.25) is 9.69 Å². The summed E-state index contributed by atoms with van der Waals surface area (Å²) in [4.78, 5) is 24.1. The highest BCUT2D eigenvalue weighted by Gasteiger charge is 2.25.